The van der Waals surface area contributed by atoms with Gasteiger partial charge in [-0.3, -0.25) is 19.7 Å². The average molecular weight is 405 g/mol. The van der Waals surface area contributed by atoms with Gasteiger partial charge in [0.15, 0.2) is 6.61 Å². The monoisotopic (exact) mass is 404 g/mol. The SMILES string of the molecule is Cc1cc([N+](=O)[O-])ccc1NC(=O)COC(=O)[C@@H](c1ccc(Cl)cc1)C(C)C. The maximum absolute atomic E-state index is 12.5. The molecule has 0 aromatic heterocycles. The number of nitrogens with one attached hydrogen (secondary N) is 1. The van der Waals surface area contributed by atoms with E-state index >= 15 is 0 Å². The summed E-state index contributed by atoms with van der Waals surface area (Å²) >= 11 is 5.89. The molecule has 1 N–H and O–H groups in total. The van der Waals surface area contributed by atoms with Crippen LogP contribution in [0.5, 0.6) is 0 Å². The van der Waals surface area contributed by atoms with Crippen LogP contribution in [0.4, 0.5) is 11.4 Å². The summed E-state index contributed by atoms with van der Waals surface area (Å²) in [6, 6.07) is 11.0. The summed E-state index contributed by atoms with van der Waals surface area (Å²) in [5.41, 5.74) is 1.65. The van der Waals surface area contributed by atoms with Gasteiger partial charge in [-0.05, 0) is 42.2 Å². The second-order valence-corrected chi connectivity index (χ2v) is 7.12. The van der Waals surface area contributed by atoms with Crippen molar-refractivity contribution in [3.05, 3.63) is 68.7 Å². The number of rotatable bonds is 7. The minimum Gasteiger partial charge on any atom is -0.455 e. The summed E-state index contributed by atoms with van der Waals surface area (Å²) in [4.78, 5) is 34.9. The van der Waals surface area contributed by atoms with Gasteiger partial charge in [0.1, 0.15) is 0 Å². The van der Waals surface area contributed by atoms with E-state index in [4.69, 9.17) is 16.3 Å². The number of carbonyl (C=O) groups is 2. The van der Waals surface area contributed by atoms with Gasteiger partial charge in [-0.2, -0.15) is 0 Å². The second-order valence-electron chi connectivity index (χ2n) is 6.69. The van der Waals surface area contributed by atoms with E-state index in [-0.39, 0.29) is 11.6 Å². The number of nitrogens with zero attached hydrogens (tertiary/aromatic N) is 1. The molecule has 0 aliphatic rings. The van der Waals surface area contributed by atoms with Crippen molar-refractivity contribution in [1.29, 1.82) is 0 Å². The molecule has 0 aliphatic heterocycles. The number of non-ortho nitro benzene ring substituents is 1. The van der Waals surface area contributed by atoms with Gasteiger partial charge in [-0.25, -0.2) is 0 Å². The van der Waals surface area contributed by atoms with Crippen molar-refractivity contribution in [2.24, 2.45) is 5.92 Å². The number of aryl methyl sites for hydroxylation is 1. The first-order chi connectivity index (χ1) is 13.2. The van der Waals surface area contributed by atoms with Gasteiger partial charge in [0.25, 0.3) is 11.6 Å². The zero-order chi connectivity index (χ0) is 20.8. The first-order valence-electron chi connectivity index (χ1n) is 8.66. The molecular formula is C20H21ClN2O5. The number of nitro groups is 1. The number of halogens is 1. The average Bonchev–Trinajstić information content (AvgIpc) is 2.63. The number of hydrogen-bond donors (Lipinski definition) is 1. The van der Waals surface area contributed by atoms with Gasteiger partial charge in [0, 0.05) is 22.8 Å². The molecule has 0 bridgehead atoms. The van der Waals surface area contributed by atoms with Crippen LogP contribution < -0.4 is 5.32 Å². The Balaban J connectivity index is 1.99. The number of benzene rings is 2. The highest BCUT2D eigenvalue weighted by Gasteiger charge is 2.26. The van der Waals surface area contributed by atoms with Crippen LogP contribution in [0.3, 0.4) is 0 Å². The molecule has 0 saturated heterocycles. The van der Waals surface area contributed by atoms with E-state index in [0.29, 0.717) is 16.3 Å². The molecule has 0 aliphatic carbocycles. The van der Waals surface area contributed by atoms with Crippen molar-refractivity contribution in [2.75, 3.05) is 11.9 Å². The quantitative estimate of drug-likeness (QED) is 0.416. The highest BCUT2D eigenvalue weighted by Crippen LogP contribution is 2.27. The standard InChI is InChI=1S/C20H21ClN2O5/c1-12(2)19(14-4-6-15(21)7-5-14)20(25)28-11-18(24)22-17-9-8-16(23(26)27)10-13(17)3/h4-10,12,19H,11H2,1-3H3,(H,22,24)/t19-/m1/s1. The van der Waals surface area contributed by atoms with E-state index in [1.807, 2.05) is 13.8 Å². The fraction of sp³-hybridized carbons (Fsp3) is 0.300. The fourth-order valence-electron chi connectivity index (χ4n) is 2.78. The Morgan fingerprint density at radius 2 is 1.82 bits per heavy atom. The molecule has 2 rings (SSSR count). The summed E-state index contributed by atoms with van der Waals surface area (Å²) in [5, 5.41) is 13.9. The highest BCUT2D eigenvalue weighted by atomic mass is 35.5. The van der Waals surface area contributed by atoms with Gasteiger partial charge in [-0.15, -0.1) is 0 Å². The van der Waals surface area contributed by atoms with Crippen molar-refractivity contribution in [3.8, 4) is 0 Å². The van der Waals surface area contributed by atoms with Gasteiger partial charge in [0.2, 0.25) is 0 Å². The van der Waals surface area contributed by atoms with Crippen molar-refractivity contribution in [2.45, 2.75) is 26.7 Å². The molecule has 8 heteroatoms. The zero-order valence-electron chi connectivity index (χ0n) is 15.8. The number of hydrogen-bond acceptors (Lipinski definition) is 5. The van der Waals surface area contributed by atoms with Crippen LogP contribution in [0.15, 0.2) is 42.5 Å². The molecule has 0 spiro atoms. The predicted octanol–water partition coefficient (Wildman–Crippen LogP) is 4.48. The third-order valence-corrected chi connectivity index (χ3v) is 4.44. The number of carbonyl (C=O) groups excluding carboxylic acids is 2. The number of nitro benzene ring substituents is 1. The van der Waals surface area contributed by atoms with Crippen LogP contribution in [0.2, 0.25) is 5.02 Å². The van der Waals surface area contributed by atoms with E-state index in [1.54, 1.807) is 31.2 Å². The molecular weight excluding hydrogens is 384 g/mol. The maximum Gasteiger partial charge on any atom is 0.314 e. The van der Waals surface area contributed by atoms with Crippen LogP contribution >= 0.6 is 11.6 Å². The Kier molecular flexibility index (Phi) is 7.12. The van der Waals surface area contributed by atoms with Crippen molar-refractivity contribution < 1.29 is 19.2 Å². The Bertz CT molecular complexity index is 881. The van der Waals surface area contributed by atoms with E-state index in [9.17, 15) is 19.7 Å². The largest absolute Gasteiger partial charge is 0.455 e. The molecule has 0 heterocycles. The Morgan fingerprint density at radius 3 is 2.36 bits per heavy atom. The Hall–Kier alpha value is -2.93. The summed E-state index contributed by atoms with van der Waals surface area (Å²) in [6.45, 7) is 4.97. The van der Waals surface area contributed by atoms with Crippen LogP contribution in [0.1, 0.15) is 30.9 Å². The molecule has 7 nitrogen and oxygen atoms in total. The number of amides is 1. The third kappa shape index (κ3) is 5.53. The van der Waals surface area contributed by atoms with E-state index in [1.165, 1.54) is 18.2 Å². The van der Waals surface area contributed by atoms with Crippen LogP contribution in [-0.4, -0.2) is 23.4 Å². The predicted molar refractivity (Wildman–Crippen MR) is 106 cm³/mol. The molecule has 0 saturated carbocycles. The minimum absolute atomic E-state index is 0.0337. The minimum atomic E-state index is -0.524. The van der Waals surface area contributed by atoms with E-state index < -0.39 is 29.3 Å². The molecule has 2 aromatic rings. The summed E-state index contributed by atoms with van der Waals surface area (Å²) in [5.74, 6) is -1.59. The Morgan fingerprint density at radius 1 is 1.18 bits per heavy atom. The molecule has 0 radical (unpaired) electrons. The van der Waals surface area contributed by atoms with Gasteiger partial charge in [-0.1, -0.05) is 37.6 Å². The zero-order valence-corrected chi connectivity index (χ0v) is 16.5. The number of anilines is 1. The molecule has 1 amide bonds. The smallest absolute Gasteiger partial charge is 0.314 e. The molecule has 2 aromatic carbocycles. The van der Waals surface area contributed by atoms with Gasteiger partial charge >= 0.3 is 5.97 Å². The maximum atomic E-state index is 12.5. The molecule has 28 heavy (non-hydrogen) atoms. The van der Waals surface area contributed by atoms with E-state index in [2.05, 4.69) is 5.32 Å². The summed E-state index contributed by atoms with van der Waals surface area (Å²) < 4.78 is 5.19. The fourth-order valence-corrected chi connectivity index (χ4v) is 2.90. The second kappa shape index (κ2) is 9.32. The Labute approximate surface area is 167 Å². The van der Waals surface area contributed by atoms with Crippen molar-refractivity contribution in [3.63, 3.8) is 0 Å². The van der Waals surface area contributed by atoms with Gasteiger partial charge in [0.05, 0.1) is 10.8 Å². The third-order valence-electron chi connectivity index (χ3n) is 4.19. The number of ether oxygens (including phenoxy) is 1. The van der Waals surface area contributed by atoms with Gasteiger partial charge < -0.3 is 10.1 Å². The molecule has 0 fully saturated rings. The summed E-state index contributed by atoms with van der Waals surface area (Å²) in [6.07, 6.45) is 0. The normalized spacial score (nSPS) is 11.8. The van der Waals surface area contributed by atoms with Crippen LogP contribution in [0.25, 0.3) is 0 Å². The van der Waals surface area contributed by atoms with Crippen LogP contribution in [0, 0.1) is 23.0 Å². The molecule has 0 unspecified atom stereocenters. The van der Waals surface area contributed by atoms with E-state index in [0.717, 1.165) is 5.56 Å². The van der Waals surface area contributed by atoms with Crippen LogP contribution in [-0.2, 0) is 14.3 Å². The lowest BCUT2D eigenvalue weighted by Crippen LogP contribution is -2.26. The lowest BCUT2D eigenvalue weighted by Gasteiger charge is -2.20. The molecule has 1 atom stereocenters. The van der Waals surface area contributed by atoms with Crippen molar-refractivity contribution in [1.82, 2.24) is 0 Å². The highest BCUT2D eigenvalue weighted by molar-refractivity contribution is 6.30. The molecule has 148 valence electrons. The lowest BCUT2D eigenvalue weighted by atomic mass is 9.88. The van der Waals surface area contributed by atoms with Crippen molar-refractivity contribution >= 4 is 34.9 Å². The lowest BCUT2D eigenvalue weighted by molar-refractivity contribution is -0.384. The number of esters is 1. The first kappa shape index (κ1) is 21.4. The first-order valence-corrected chi connectivity index (χ1v) is 9.04. The summed E-state index contributed by atoms with van der Waals surface area (Å²) in [7, 11) is 0. The topological polar surface area (TPSA) is 98.5 Å².